The van der Waals surface area contributed by atoms with Crippen molar-refractivity contribution in [2.45, 2.75) is 116 Å². The summed E-state index contributed by atoms with van der Waals surface area (Å²) in [6, 6.07) is -0.0268. The van der Waals surface area contributed by atoms with Gasteiger partial charge in [0, 0.05) is 18.6 Å². The number of hydrogen-bond donors (Lipinski definition) is 3. The monoisotopic (exact) mass is 406 g/mol. The molecular formula is C24H46N4O. The molecule has 1 saturated carbocycles. The van der Waals surface area contributed by atoms with Crippen molar-refractivity contribution in [3.8, 4) is 0 Å². The van der Waals surface area contributed by atoms with E-state index < -0.39 is 11.1 Å². The van der Waals surface area contributed by atoms with Crippen LogP contribution in [0.1, 0.15) is 97.8 Å². The van der Waals surface area contributed by atoms with Crippen molar-refractivity contribution in [3.63, 3.8) is 0 Å². The molecule has 29 heavy (non-hydrogen) atoms. The van der Waals surface area contributed by atoms with E-state index in [-0.39, 0.29) is 17.9 Å². The van der Waals surface area contributed by atoms with Gasteiger partial charge in [-0.1, -0.05) is 64.5 Å². The Morgan fingerprint density at radius 2 is 1.59 bits per heavy atom. The topological polar surface area (TPSA) is 98.1 Å². The molecule has 0 aromatic rings. The smallest absolute Gasteiger partial charge is 0.232 e. The molecule has 4 atom stereocenters. The summed E-state index contributed by atoms with van der Waals surface area (Å²) in [7, 11) is 0. The fourth-order valence-corrected chi connectivity index (χ4v) is 4.76. The van der Waals surface area contributed by atoms with E-state index in [2.05, 4.69) is 32.9 Å². The Labute approximate surface area is 178 Å². The minimum atomic E-state index is -1.13. The van der Waals surface area contributed by atoms with Crippen molar-refractivity contribution in [1.82, 2.24) is 4.90 Å². The largest absolute Gasteiger partial charge is 0.336 e. The molecule has 0 radical (unpaired) electrons. The molecule has 4 unspecified atom stereocenters. The van der Waals surface area contributed by atoms with Gasteiger partial charge in [0.15, 0.2) is 0 Å². The first-order valence-electron chi connectivity index (χ1n) is 12.1. The van der Waals surface area contributed by atoms with E-state index >= 15 is 0 Å². The fourth-order valence-electron chi connectivity index (χ4n) is 4.76. The Balaban J connectivity index is 1.62. The van der Waals surface area contributed by atoms with E-state index in [1.165, 1.54) is 44.9 Å². The second-order valence-corrected chi connectivity index (χ2v) is 9.73. The first-order chi connectivity index (χ1) is 13.8. The highest BCUT2D eigenvalue weighted by Gasteiger charge is 2.70. The second-order valence-electron chi connectivity index (χ2n) is 9.73. The first-order valence-corrected chi connectivity index (χ1v) is 12.1. The van der Waals surface area contributed by atoms with Gasteiger partial charge in [0.2, 0.25) is 5.91 Å². The number of allylic oxidation sites excluding steroid dienone is 2. The molecule has 0 spiro atoms. The lowest BCUT2D eigenvalue weighted by Gasteiger charge is -2.39. The summed E-state index contributed by atoms with van der Waals surface area (Å²) in [5.41, 5.74) is 17.7. The summed E-state index contributed by atoms with van der Waals surface area (Å²) >= 11 is 0. The van der Waals surface area contributed by atoms with Crippen molar-refractivity contribution >= 4 is 5.91 Å². The van der Waals surface area contributed by atoms with Crippen LogP contribution in [0.5, 0.6) is 0 Å². The van der Waals surface area contributed by atoms with Gasteiger partial charge in [-0.25, -0.2) is 0 Å². The molecule has 1 saturated heterocycles. The van der Waals surface area contributed by atoms with Gasteiger partial charge >= 0.3 is 0 Å². The summed E-state index contributed by atoms with van der Waals surface area (Å²) in [6.07, 6.45) is 18.6. The standard InChI is InChI=1S/C24H46N4O/c1-4-5-6-7-8-9-10-11-12-13-14-15-16-21(25)24(26,27)23(17-19(23)2)22(29)28-18-20(28)3/h11-12,19-21H,4-10,13-18,25-27H2,1-3H3. The van der Waals surface area contributed by atoms with Gasteiger partial charge in [-0.15, -0.1) is 0 Å². The molecule has 1 heterocycles. The van der Waals surface area contributed by atoms with Crippen LogP contribution in [-0.2, 0) is 4.79 Å². The van der Waals surface area contributed by atoms with E-state index in [4.69, 9.17) is 17.2 Å². The average molecular weight is 407 g/mol. The van der Waals surface area contributed by atoms with Crippen LogP contribution >= 0.6 is 0 Å². The van der Waals surface area contributed by atoms with Crippen LogP contribution < -0.4 is 17.2 Å². The third-order valence-corrected chi connectivity index (χ3v) is 7.22. The third kappa shape index (κ3) is 6.05. The van der Waals surface area contributed by atoms with Crippen molar-refractivity contribution < 1.29 is 4.79 Å². The molecule has 2 rings (SSSR count). The number of nitrogens with zero attached hydrogens (tertiary/aromatic N) is 1. The molecule has 2 fully saturated rings. The number of hydrogen-bond acceptors (Lipinski definition) is 4. The van der Waals surface area contributed by atoms with Crippen LogP contribution in [0.3, 0.4) is 0 Å². The van der Waals surface area contributed by atoms with Crippen LogP contribution in [-0.4, -0.2) is 35.1 Å². The summed E-state index contributed by atoms with van der Waals surface area (Å²) in [4.78, 5) is 14.8. The first kappa shape index (κ1) is 24.4. The number of unbranched alkanes of at least 4 members (excludes halogenated alkanes) is 8. The number of amides is 1. The predicted molar refractivity (Wildman–Crippen MR) is 122 cm³/mol. The van der Waals surface area contributed by atoms with E-state index in [0.29, 0.717) is 6.04 Å². The molecule has 0 bridgehead atoms. The summed E-state index contributed by atoms with van der Waals surface area (Å²) in [5.74, 6) is 0.337. The van der Waals surface area contributed by atoms with Gasteiger partial charge < -0.3 is 22.1 Å². The van der Waals surface area contributed by atoms with E-state index in [0.717, 1.165) is 38.6 Å². The molecule has 1 amide bonds. The molecule has 1 aliphatic heterocycles. The zero-order valence-corrected chi connectivity index (χ0v) is 19.2. The van der Waals surface area contributed by atoms with Crippen molar-refractivity contribution in [2.75, 3.05) is 6.54 Å². The molecule has 2 aliphatic rings. The summed E-state index contributed by atoms with van der Waals surface area (Å²) in [6.45, 7) is 7.21. The Morgan fingerprint density at radius 3 is 2.10 bits per heavy atom. The Kier molecular flexibility index (Phi) is 9.17. The molecular weight excluding hydrogens is 360 g/mol. The summed E-state index contributed by atoms with van der Waals surface area (Å²) in [5, 5.41) is 0. The molecule has 168 valence electrons. The number of rotatable bonds is 15. The van der Waals surface area contributed by atoms with Crippen LogP contribution in [0.25, 0.3) is 0 Å². The maximum absolute atomic E-state index is 12.9. The van der Waals surface area contributed by atoms with Gasteiger partial charge in [0.1, 0.15) is 0 Å². The quantitative estimate of drug-likeness (QED) is 0.165. The lowest BCUT2D eigenvalue weighted by Crippen LogP contribution is -2.70. The maximum atomic E-state index is 12.9. The Morgan fingerprint density at radius 1 is 1.07 bits per heavy atom. The van der Waals surface area contributed by atoms with E-state index in [1.54, 1.807) is 0 Å². The SMILES string of the molecule is CCCCCCCCC=CCCCCC(N)C(N)(N)C1(C(=O)N2CC2C)CC1C. The van der Waals surface area contributed by atoms with E-state index in [1.807, 2.05) is 4.90 Å². The van der Waals surface area contributed by atoms with Gasteiger partial charge in [-0.05, 0) is 51.4 Å². The predicted octanol–water partition coefficient (Wildman–Crippen LogP) is 4.05. The van der Waals surface area contributed by atoms with Crippen molar-refractivity contribution in [1.29, 1.82) is 0 Å². The highest BCUT2D eigenvalue weighted by molar-refractivity contribution is 5.89. The van der Waals surface area contributed by atoms with Crippen molar-refractivity contribution in [3.05, 3.63) is 12.2 Å². The Hall–Kier alpha value is -0.910. The molecule has 0 aromatic heterocycles. The molecule has 1 aliphatic carbocycles. The molecule has 6 N–H and O–H groups in total. The van der Waals surface area contributed by atoms with Gasteiger partial charge in [-0.2, -0.15) is 0 Å². The lowest BCUT2D eigenvalue weighted by molar-refractivity contribution is -0.135. The third-order valence-electron chi connectivity index (χ3n) is 7.22. The zero-order chi connectivity index (χ0) is 21.5. The lowest BCUT2D eigenvalue weighted by atomic mass is 9.80. The van der Waals surface area contributed by atoms with Crippen LogP contribution in [0.2, 0.25) is 0 Å². The summed E-state index contributed by atoms with van der Waals surface area (Å²) < 4.78 is 0. The highest BCUT2D eigenvalue weighted by atomic mass is 16.2. The number of nitrogens with two attached hydrogens (primary N) is 3. The highest BCUT2D eigenvalue weighted by Crippen LogP contribution is 2.60. The normalized spacial score (nSPS) is 27.4. The second kappa shape index (κ2) is 10.9. The van der Waals surface area contributed by atoms with Crippen molar-refractivity contribution in [2.24, 2.45) is 28.5 Å². The van der Waals surface area contributed by atoms with E-state index in [9.17, 15) is 4.79 Å². The average Bonchev–Trinajstić information content (AvgIpc) is 3.58. The molecule has 0 aromatic carbocycles. The van der Waals surface area contributed by atoms with Gasteiger partial charge in [0.25, 0.3) is 0 Å². The van der Waals surface area contributed by atoms with Crippen LogP contribution in [0.15, 0.2) is 12.2 Å². The number of carbonyl (C=O) groups is 1. The number of carbonyl (C=O) groups excluding carboxylic acids is 1. The van der Waals surface area contributed by atoms with Crippen LogP contribution in [0, 0.1) is 11.3 Å². The Bertz CT molecular complexity index is 547. The minimum absolute atomic E-state index is 0.121. The van der Waals surface area contributed by atoms with Crippen LogP contribution in [0.4, 0.5) is 0 Å². The fraction of sp³-hybridized carbons (Fsp3) is 0.875. The zero-order valence-electron chi connectivity index (χ0n) is 19.2. The molecule has 5 heteroatoms. The van der Waals surface area contributed by atoms with Gasteiger partial charge in [0.05, 0.1) is 11.1 Å². The van der Waals surface area contributed by atoms with Gasteiger partial charge in [-0.3, -0.25) is 4.79 Å². The molecule has 5 nitrogen and oxygen atoms in total. The maximum Gasteiger partial charge on any atom is 0.232 e. The minimum Gasteiger partial charge on any atom is -0.336 e.